The zero-order valence-corrected chi connectivity index (χ0v) is 13.5. The number of para-hydroxylation sites is 1. The zero-order chi connectivity index (χ0) is 16.4. The molecule has 2 aromatic carbocycles. The van der Waals surface area contributed by atoms with Crippen LogP contribution in [0.4, 0.5) is 5.69 Å². The fourth-order valence-electron chi connectivity index (χ4n) is 2.49. The molecule has 0 saturated heterocycles. The third kappa shape index (κ3) is 2.95. The van der Waals surface area contributed by atoms with Crippen LogP contribution in [0.5, 0.6) is 0 Å². The number of fused-ring (bicyclic) bond motifs is 1. The molecule has 0 atom stereocenters. The predicted molar refractivity (Wildman–Crippen MR) is 95.1 cm³/mol. The summed E-state index contributed by atoms with van der Waals surface area (Å²) in [7, 11) is 4.00. The van der Waals surface area contributed by atoms with Crippen LogP contribution in [0.2, 0.25) is 0 Å². The zero-order valence-electron chi connectivity index (χ0n) is 13.5. The van der Waals surface area contributed by atoms with Crippen molar-refractivity contribution in [1.29, 1.82) is 5.26 Å². The molecule has 3 aromatic rings. The first-order valence-corrected chi connectivity index (χ1v) is 7.43. The minimum atomic E-state index is 0.526. The molecule has 1 aromatic heterocycles. The van der Waals surface area contributed by atoms with Crippen molar-refractivity contribution in [2.45, 2.75) is 6.92 Å². The second kappa shape index (κ2) is 5.98. The minimum Gasteiger partial charge on any atom is -0.378 e. The Hall–Kier alpha value is -3.06. The second-order valence-electron chi connectivity index (χ2n) is 5.71. The summed E-state index contributed by atoms with van der Waals surface area (Å²) in [5, 5.41) is 9.49. The van der Waals surface area contributed by atoms with E-state index in [0.717, 1.165) is 27.8 Å². The lowest BCUT2D eigenvalue weighted by Gasteiger charge is -2.11. The molecule has 0 fully saturated rings. The Morgan fingerprint density at radius 3 is 2.52 bits per heavy atom. The number of nitrogens with one attached hydrogen (secondary N) is 1. The molecule has 23 heavy (non-hydrogen) atoms. The number of nitriles is 1. The van der Waals surface area contributed by atoms with Crippen molar-refractivity contribution in [2.24, 2.45) is 0 Å². The number of aromatic amines is 1. The van der Waals surface area contributed by atoms with Gasteiger partial charge in [0.05, 0.1) is 16.6 Å². The van der Waals surface area contributed by atoms with Crippen molar-refractivity contribution >= 4 is 28.4 Å². The summed E-state index contributed by atoms with van der Waals surface area (Å²) in [6.45, 7) is 2.02. The Kier molecular flexibility index (Phi) is 3.86. The summed E-state index contributed by atoms with van der Waals surface area (Å²) >= 11 is 0. The Labute approximate surface area is 135 Å². The number of anilines is 1. The van der Waals surface area contributed by atoms with Crippen molar-refractivity contribution in [1.82, 2.24) is 9.97 Å². The molecule has 114 valence electrons. The van der Waals surface area contributed by atoms with Crippen molar-refractivity contribution in [3.63, 3.8) is 0 Å². The van der Waals surface area contributed by atoms with Crippen LogP contribution in [0.1, 0.15) is 17.0 Å². The first-order valence-electron chi connectivity index (χ1n) is 7.43. The van der Waals surface area contributed by atoms with Gasteiger partial charge in [0, 0.05) is 19.8 Å². The fraction of sp³-hybridized carbons (Fsp3) is 0.158. The van der Waals surface area contributed by atoms with E-state index in [1.807, 2.05) is 74.5 Å². The van der Waals surface area contributed by atoms with Crippen molar-refractivity contribution in [2.75, 3.05) is 19.0 Å². The molecule has 0 aliphatic heterocycles. The number of nitrogens with zero attached hydrogens (tertiary/aromatic N) is 3. The lowest BCUT2D eigenvalue weighted by molar-refractivity contribution is 1.13. The van der Waals surface area contributed by atoms with Crippen LogP contribution in [-0.2, 0) is 0 Å². The second-order valence-corrected chi connectivity index (χ2v) is 5.71. The number of aromatic nitrogens is 2. The summed E-state index contributed by atoms with van der Waals surface area (Å²) < 4.78 is 0. The Morgan fingerprint density at radius 2 is 1.91 bits per heavy atom. The van der Waals surface area contributed by atoms with Gasteiger partial charge in [-0.15, -0.1) is 0 Å². The average molecular weight is 302 g/mol. The highest BCUT2D eigenvalue weighted by molar-refractivity contribution is 5.91. The van der Waals surface area contributed by atoms with Gasteiger partial charge < -0.3 is 9.88 Å². The van der Waals surface area contributed by atoms with E-state index in [1.165, 1.54) is 0 Å². The van der Waals surface area contributed by atoms with E-state index < -0.39 is 0 Å². The van der Waals surface area contributed by atoms with E-state index in [4.69, 9.17) is 0 Å². The Bertz CT molecular complexity index is 909. The number of H-pyrrole nitrogens is 1. The molecule has 0 radical (unpaired) electrons. The van der Waals surface area contributed by atoms with E-state index in [0.29, 0.717) is 11.4 Å². The smallest absolute Gasteiger partial charge is 0.149 e. The highest BCUT2D eigenvalue weighted by Crippen LogP contribution is 2.22. The number of rotatable bonds is 3. The largest absolute Gasteiger partial charge is 0.378 e. The number of hydrogen-bond donors (Lipinski definition) is 1. The van der Waals surface area contributed by atoms with Gasteiger partial charge in [-0.3, -0.25) is 0 Å². The van der Waals surface area contributed by atoms with Gasteiger partial charge in [0.1, 0.15) is 11.9 Å². The Balaban J connectivity index is 2.00. The van der Waals surface area contributed by atoms with Crippen LogP contribution >= 0.6 is 0 Å². The molecule has 0 aliphatic carbocycles. The van der Waals surface area contributed by atoms with Gasteiger partial charge >= 0.3 is 0 Å². The number of aryl methyl sites for hydroxylation is 1. The van der Waals surface area contributed by atoms with Gasteiger partial charge in [-0.05, 0) is 42.3 Å². The molecule has 0 spiro atoms. The van der Waals surface area contributed by atoms with E-state index in [2.05, 4.69) is 16.0 Å². The molecule has 0 unspecified atom stereocenters. The monoisotopic (exact) mass is 302 g/mol. The molecule has 0 saturated carbocycles. The first-order chi connectivity index (χ1) is 11.1. The van der Waals surface area contributed by atoms with Crippen LogP contribution in [-0.4, -0.2) is 24.1 Å². The first kappa shape index (κ1) is 14.9. The molecule has 4 nitrogen and oxygen atoms in total. The Morgan fingerprint density at radius 1 is 1.17 bits per heavy atom. The number of hydrogen-bond acceptors (Lipinski definition) is 3. The van der Waals surface area contributed by atoms with Crippen LogP contribution in [0.3, 0.4) is 0 Å². The third-order valence-electron chi connectivity index (χ3n) is 3.81. The van der Waals surface area contributed by atoms with Crippen molar-refractivity contribution in [3.05, 3.63) is 59.4 Å². The maximum absolute atomic E-state index is 9.49. The summed E-state index contributed by atoms with van der Waals surface area (Å²) in [6, 6.07) is 16.3. The summed E-state index contributed by atoms with van der Waals surface area (Å²) in [4.78, 5) is 9.84. The van der Waals surface area contributed by atoms with E-state index in [9.17, 15) is 5.26 Å². The number of allylic oxidation sites excluding steroid dienone is 1. The standard InChI is InChI=1S/C19H18N4/c1-13-5-4-6-17-18(13)22-19(21-17)15(12-20)11-14-7-9-16(10-8-14)23(2)3/h4-11H,1-3H3,(H,21,22)/b15-11-. The molecule has 0 amide bonds. The summed E-state index contributed by atoms with van der Waals surface area (Å²) in [6.07, 6.45) is 1.85. The maximum atomic E-state index is 9.49. The van der Waals surface area contributed by atoms with Crippen molar-refractivity contribution in [3.8, 4) is 6.07 Å². The number of imidazole rings is 1. The van der Waals surface area contributed by atoms with E-state index in [1.54, 1.807) is 0 Å². The van der Waals surface area contributed by atoms with Crippen LogP contribution in [0, 0.1) is 18.3 Å². The molecule has 0 bridgehead atoms. The highest BCUT2D eigenvalue weighted by Gasteiger charge is 2.09. The third-order valence-corrected chi connectivity index (χ3v) is 3.81. The average Bonchev–Trinajstić information content (AvgIpc) is 2.98. The predicted octanol–water partition coefficient (Wildman–Crippen LogP) is 4.00. The molecule has 0 aliphatic rings. The van der Waals surface area contributed by atoms with Gasteiger partial charge in [0.2, 0.25) is 0 Å². The van der Waals surface area contributed by atoms with E-state index >= 15 is 0 Å². The van der Waals surface area contributed by atoms with Gasteiger partial charge in [0.15, 0.2) is 0 Å². The molecule has 4 heteroatoms. The quantitative estimate of drug-likeness (QED) is 0.744. The molecule has 1 N–H and O–H groups in total. The van der Waals surface area contributed by atoms with Crippen LogP contribution in [0.15, 0.2) is 42.5 Å². The van der Waals surface area contributed by atoms with E-state index in [-0.39, 0.29) is 0 Å². The van der Waals surface area contributed by atoms with Crippen LogP contribution < -0.4 is 4.90 Å². The number of benzene rings is 2. The topological polar surface area (TPSA) is 55.7 Å². The lowest BCUT2D eigenvalue weighted by atomic mass is 10.1. The van der Waals surface area contributed by atoms with Gasteiger partial charge in [-0.2, -0.15) is 5.26 Å². The SMILES string of the molecule is Cc1cccc2[nH]c(/C(C#N)=C\c3ccc(N(C)C)cc3)nc12. The van der Waals surface area contributed by atoms with Gasteiger partial charge in [-0.1, -0.05) is 24.3 Å². The lowest BCUT2D eigenvalue weighted by Crippen LogP contribution is -2.07. The normalized spacial score (nSPS) is 11.5. The molecule has 1 heterocycles. The molecule has 3 rings (SSSR count). The molecular formula is C19H18N4. The minimum absolute atomic E-state index is 0.526. The van der Waals surface area contributed by atoms with Gasteiger partial charge in [0.25, 0.3) is 0 Å². The fourth-order valence-corrected chi connectivity index (χ4v) is 2.49. The van der Waals surface area contributed by atoms with Gasteiger partial charge in [-0.25, -0.2) is 4.98 Å². The van der Waals surface area contributed by atoms with Crippen molar-refractivity contribution < 1.29 is 0 Å². The maximum Gasteiger partial charge on any atom is 0.149 e. The molecular weight excluding hydrogens is 284 g/mol. The van der Waals surface area contributed by atoms with Crippen LogP contribution in [0.25, 0.3) is 22.7 Å². The highest BCUT2D eigenvalue weighted by atomic mass is 15.1. The summed E-state index contributed by atoms with van der Waals surface area (Å²) in [5.41, 5.74) is 5.58. The summed E-state index contributed by atoms with van der Waals surface area (Å²) in [5.74, 6) is 0.605.